The van der Waals surface area contributed by atoms with Crippen molar-refractivity contribution in [2.24, 2.45) is 0 Å². The molecule has 0 unspecified atom stereocenters. The number of rotatable bonds is 8. The Kier molecular flexibility index (Phi) is 5.60. The lowest BCUT2D eigenvalue weighted by atomic mass is 10.1. The number of carbonyl (C=O) groups is 1. The van der Waals surface area contributed by atoms with Gasteiger partial charge in [0, 0.05) is 25.4 Å². The van der Waals surface area contributed by atoms with Gasteiger partial charge in [-0.05, 0) is 30.7 Å². The Morgan fingerprint density at radius 2 is 1.86 bits per heavy atom. The topological polar surface area (TPSA) is 47.4 Å². The lowest BCUT2D eigenvalue weighted by Gasteiger charge is -2.17. The van der Waals surface area contributed by atoms with Crippen molar-refractivity contribution < 1.29 is 9.53 Å². The molecule has 2 heterocycles. The number of nitrogens with zero attached hydrogens (tertiary/aromatic N) is 3. The first-order valence-corrected chi connectivity index (χ1v) is 10.2. The minimum absolute atomic E-state index is 0.147. The normalized spacial score (nSPS) is 16.8. The van der Waals surface area contributed by atoms with Crippen LogP contribution in [0.15, 0.2) is 54.6 Å². The fourth-order valence-corrected chi connectivity index (χ4v) is 3.92. The van der Waals surface area contributed by atoms with Crippen LogP contribution >= 0.6 is 0 Å². The van der Waals surface area contributed by atoms with Crippen LogP contribution in [0.1, 0.15) is 37.9 Å². The SMILES string of the molecule is CCCCN1C[C@H](c2nc3ccccc3n2CCOc2ccccc2)CC1=O. The molecule has 3 aromatic rings. The van der Waals surface area contributed by atoms with E-state index < -0.39 is 0 Å². The molecule has 1 atom stereocenters. The number of likely N-dealkylation sites (tertiary alicyclic amines) is 1. The van der Waals surface area contributed by atoms with Gasteiger partial charge in [-0.2, -0.15) is 0 Å². The second kappa shape index (κ2) is 8.46. The summed E-state index contributed by atoms with van der Waals surface area (Å²) in [6, 6.07) is 18.1. The Morgan fingerprint density at radius 3 is 2.68 bits per heavy atom. The van der Waals surface area contributed by atoms with Gasteiger partial charge in [0.15, 0.2) is 0 Å². The van der Waals surface area contributed by atoms with Crippen LogP contribution in [0.4, 0.5) is 0 Å². The van der Waals surface area contributed by atoms with Crippen LogP contribution in [0.3, 0.4) is 0 Å². The first-order chi connectivity index (χ1) is 13.8. The van der Waals surface area contributed by atoms with E-state index in [2.05, 4.69) is 17.6 Å². The lowest BCUT2D eigenvalue weighted by Crippen LogP contribution is -2.26. The molecule has 0 N–H and O–H groups in total. The van der Waals surface area contributed by atoms with E-state index in [1.54, 1.807) is 0 Å². The van der Waals surface area contributed by atoms with Crippen LogP contribution in [-0.4, -0.2) is 40.1 Å². The van der Waals surface area contributed by atoms with Crippen LogP contribution in [-0.2, 0) is 11.3 Å². The van der Waals surface area contributed by atoms with Gasteiger partial charge in [-0.1, -0.05) is 43.7 Å². The number of hydrogen-bond donors (Lipinski definition) is 0. The number of amides is 1. The molecule has 0 saturated carbocycles. The molecule has 0 bridgehead atoms. The number of ether oxygens (including phenoxy) is 1. The molecule has 2 aromatic carbocycles. The third-order valence-corrected chi connectivity index (χ3v) is 5.37. The molecule has 1 aromatic heterocycles. The van der Waals surface area contributed by atoms with Crippen molar-refractivity contribution in [1.82, 2.24) is 14.5 Å². The van der Waals surface area contributed by atoms with Gasteiger partial charge in [0.2, 0.25) is 5.91 Å². The van der Waals surface area contributed by atoms with E-state index in [0.717, 1.165) is 48.5 Å². The molecule has 1 aliphatic rings. The third-order valence-electron chi connectivity index (χ3n) is 5.37. The molecule has 1 saturated heterocycles. The van der Waals surface area contributed by atoms with Crippen molar-refractivity contribution in [2.45, 2.75) is 38.6 Å². The second-order valence-electron chi connectivity index (χ2n) is 7.37. The molecule has 0 spiro atoms. The molecule has 0 radical (unpaired) electrons. The lowest BCUT2D eigenvalue weighted by molar-refractivity contribution is -0.127. The van der Waals surface area contributed by atoms with Crippen molar-refractivity contribution in [1.29, 1.82) is 0 Å². The monoisotopic (exact) mass is 377 g/mol. The Labute approximate surface area is 165 Å². The Bertz CT molecular complexity index is 935. The summed E-state index contributed by atoms with van der Waals surface area (Å²) in [5, 5.41) is 0. The Morgan fingerprint density at radius 1 is 1.07 bits per heavy atom. The average Bonchev–Trinajstić information content (AvgIpc) is 3.28. The van der Waals surface area contributed by atoms with Crippen molar-refractivity contribution in [2.75, 3.05) is 19.7 Å². The largest absolute Gasteiger partial charge is 0.492 e. The summed E-state index contributed by atoms with van der Waals surface area (Å²) in [7, 11) is 0. The summed E-state index contributed by atoms with van der Waals surface area (Å²) < 4.78 is 8.15. The molecule has 5 nitrogen and oxygen atoms in total. The summed E-state index contributed by atoms with van der Waals surface area (Å²) in [6.45, 7) is 5.05. The number of para-hydroxylation sites is 3. The predicted molar refractivity (Wildman–Crippen MR) is 111 cm³/mol. The molecule has 1 fully saturated rings. The zero-order chi connectivity index (χ0) is 19.3. The molecule has 1 amide bonds. The molecule has 5 heteroatoms. The number of carbonyl (C=O) groups excluding carboxylic acids is 1. The molecule has 0 aliphatic carbocycles. The van der Waals surface area contributed by atoms with E-state index in [4.69, 9.17) is 9.72 Å². The summed E-state index contributed by atoms with van der Waals surface area (Å²) in [4.78, 5) is 19.3. The molecule has 28 heavy (non-hydrogen) atoms. The van der Waals surface area contributed by atoms with Crippen LogP contribution in [0, 0.1) is 0 Å². The summed E-state index contributed by atoms with van der Waals surface area (Å²) in [5.41, 5.74) is 2.09. The van der Waals surface area contributed by atoms with E-state index in [-0.39, 0.29) is 11.8 Å². The van der Waals surface area contributed by atoms with Gasteiger partial charge in [0.05, 0.1) is 17.6 Å². The van der Waals surface area contributed by atoms with E-state index in [9.17, 15) is 4.79 Å². The van der Waals surface area contributed by atoms with Crippen molar-refractivity contribution >= 4 is 16.9 Å². The van der Waals surface area contributed by atoms with Crippen molar-refractivity contribution in [3.63, 3.8) is 0 Å². The highest BCUT2D eigenvalue weighted by Crippen LogP contribution is 2.30. The number of imidazole rings is 1. The molecule has 146 valence electrons. The van der Waals surface area contributed by atoms with E-state index in [0.29, 0.717) is 19.6 Å². The fraction of sp³-hybridized carbons (Fsp3) is 0.391. The van der Waals surface area contributed by atoms with E-state index in [1.165, 1.54) is 0 Å². The first kappa shape index (κ1) is 18.5. The number of hydrogen-bond acceptors (Lipinski definition) is 3. The molecule has 4 rings (SSSR count). The second-order valence-corrected chi connectivity index (χ2v) is 7.37. The maximum Gasteiger partial charge on any atom is 0.223 e. The minimum Gasteiger partial charge on any atom is -0.492 e. The number of benzene rings is 2. The van der Waals surface area contributed by atoms with Crippen LogP contribution in [0.25, 0.3) is 11.0 Å². The maximum atomic E-state index is 12.5. The fourth-order valence-electron chi connectivity index (χ4n) is 3.92. The Balaban J connectivity index is 1.54. The summed E-state index contributed by atoms with van der Waals surface area (Å²) in [5.74, 6) is 2.27. The molecular weight excluding hydrogens is 350 g/mol. The van der Waals surface area contributed by atoms with Crippen molar-refractivity contribution in [3.05, 3.63) is 60.4 Å². The predicted octanol–water partition coefficient (Wildman–Crippen LogP) is 4.23. The highest BCUT2D eigenvalue weighted by atomic mass is 16.5. The van der Waals surface area contributed by atoms with Crippen LogP contribution in [0.2, 0.25) is 0 Å². The van der Waals surface area contributed by atoms with Gasteiger partial charge >= 0.3 is 0 Å². The standard InChI is InChI=1S/C23H27N3O2/c1-2-3-13-25-17-18(16-22(25)27)23-24-20-11-7-8-12-21(20)26(23)14-15-28-19-9-5-4-6-10-19/h4-12,18H,2-3,13-17H2,1H3/t18-/m1/s1. The molecular formula is C23H27N3O2. The number of fused-ring (bicyclic) bond motifs is 1. The van der Waals surface area contributed by atoms with E-state index >= 15 is 0 Å². The van der Waals surface area contributed by atoms with Gasteiger partial charge in [-0.15, -0.1) is 0 Å². The van der Waals surface area contributed by atoms with E-state index in [1.807, 2.05) is 53.4 Å². The first-order valence-electron chi connectivity index (χ1n) is 10.2. The Hall–Kier alpha value is -2.82. The van der Waals surface area contributed by atoms with Gasteiger partial charge in [0.25, 0.3) is 0 Å². The highest BCUT2D eigenvalue weighted by Gasteiger charge is 2.33. The van der Waals surface area contributed by atoms with Gasteiger partial charge < -0.3 is 14.2 Å². The average molecular weight is 377 g/mol. The zero-order valence-corrected chi connectivity index (χ0v) is 16.4. The quantitative estimate of drug-likeness (QED) is 0.590. The van der Waals surface area contributed by atoms with Crippen LogP contribution < -0.4 is 4.74 Å². The third kappa shape index (κ3) is 3.88. The number of unbranched alkanes of at least 4 members (excludes halogenated alkanes) is 1. The number of aromatic nitrogens is 2. The van der Waals surface area contributed by atoms with Gasteiger partial charge in [-0.25, -0.2) is 4.98 Å². The van der Waals surface area contributed by atoms with Gasteiger partial charge in [0.1, 0.15) is 18.2 Å². The highest BCUT2D eigenvalue weighted by molar-refractivity contribution is 5.80. The van der Waals surface area contributed by atoms with Gasteiger partial charge in [-0.3, -0.25) is 4.79 Å². The molecule has 1 aliphatic heterocycles. The van der Waals surface area contributed by atoms with Crippen LogP contribution in [0.5, 0.6) is 5.75 Å². The minimum atomic E-state index is 0.147. The zero-order valence-electron chi connectivity index (χ0n) is 16.4. The summed E-state index contributed by atoms with van der Waals surface area (Å²) >= 11 is 0. The smallest absolute Gasteiger partial charge is 0.223 e. The maximum absolute atomic E-state index is 12.5. The summed E-state index contributed by atoms with van der Waals surface area (Å²) in [6.07, 6.45) is 2.70. The van der Waals surface area contributed by atoms with Crippen molar-refractivity contribution in [3.8, 4) is 5.75 Å².